The first-order valence-electron chi connectivity index (χ1n) is 38.8. The van der Waals surface area contributed by atoms with E-state index in [-0.39, 0.29) is 38.6 Å². The van der Waals surface area contributed by atoms with E-state index in [1.165, 1.54) is 0 Å². The summed E-state index contributed by atoms with van der Waals surface area (Å²) in [6, 6.07) is 0. The van der Waals surface area contributed by atoms with Crippen molar-refractivity contribution in [3.05, 3.63) is 255 Å². The molecule has 0 saturated heterocycles. The van der Waals surface area contributed by atoms with Crippen LogP contribution in [0.2, 0.25) is 0 Å². The Morgan fingerprint density at radius 3 is 0.792 bits per heavy atom. The summed E-state index contributed by atoms with van der Waals surface area (Å²) < 4.78 is 22.8. The van der Waals surface area contributed by atoms with Crippen LogP contribution in [0.4, 0.5) is 0 Å². The van der Waals surface area contributed by atoms with E-state index in [1.54, 1.807) is 0 Å². The lowest BCUT2D eigenvalue weighted by Crippen LogP contribution is -2.44. The zero-order chi connectivity index (χ0) is 73.2. The Bertz CT molecular complexity index is 2620. The van der Waals surface area contributed by atoms with Crippen LogP contribution >= 0.6 is 0 Å². The Balaban J connectivity index is 4.27. The Morgan fingerprint density at radius 2 is 0.535 bits per heavy atom. The molecular weight excluding hydrogens is 1250 g/mol. The highest BCUT2D eigenvalue weighted by molar-refractivity contribution is 5.70. The Labute approximate surface area is 617 Å². The number of allylic oxidation sites excluding steroid dienone is 42. The number of carbonyl (C=O) groups is 3. The molecule has 101 heavy (non-hydrogen) atoms. The molecule has 0 spiro atoms. The first-order chi connectivity index (χ1) is 49.6. The fourth-order valence-corrected chi connectivity index (χ4v) is 9.45. The standard InChI is InChI=1S/C92H139NO8/c1-6-8-10-12-14-16-18-20-22-24-26-28-30-32-34-36-38-40-42-44-45-47-49-51-53-55-57-59-61-63-65-67-69-71-73-75-77-79-81-83-90(95)101-88(87-100-92(91(96)97)98-85-84-93(3,4)5)86-99-89(94)82-80-78-76-74-72-70-68-66-64-62-60-58-56-54-52-50-48-46-43-41-39-37-35-33-31-29-27-25-23-21-19-17-15-13-11-9-7-2/h8-11,14-17,20-23,26-29,32-35,38-41,44-46,48-49,51-52,54-55,57-58,60-61,63-64,66-67,69,88,92H,6-7,12-13,18-19,24-25,30-31,36-37,42-43,47,50,53,56,59,62,65,68,70-87H2,1-5H3/b10-8-,11-9-,16-14-,17-15-,22-20-,23-21-,28-26-,29-27-,34-32-,35-33-,40-38-,41-39-,45-44-,48-46-,51-49-,54-52-,57-55-,60-58-,63-61-,66-64-,69-67-. The summed E-state index contributed by atoms with van der Waals surface area (Å²) in [5.41, 5.74) is 0. The minimum absolute atomic E-state index is 0.126. The molecule has 560 valence electrons. The van der Waals surface area contributed by atoms with Crippen LogP contribution in [0.25, 0.3) is 0 Å². The highest BCUT2D eigenvalue weighted by atomic mass is 16.7. The van der Waals surface area contributed by atoms with Crippen LogP contribution in [0, 0.1) is 0 Å². The normalized spacial score (nSPS) is 14.1. The number of unbranched alkanes of at least 4 members (excludes halogenated alkanes) is 11. The van der Waals surface area contributed by atoms with Crippen LogP contribution in [0.1, 0.15) is 245 Å². The van der Waals surface area contributed by atoms with E-state index in [2.05, 4.69) is 269 Å². The van der Waals surface area contributed by atoms with E-state index >= 15 is 0 Å². The van der Waals surface area contributed by atoms with Gasteiger partial charge >= 0.3 is 11.9 Å². The average molecular weight is 1390 g/mol. The number of esters is 2. The summed E-state index contributed by atoms with van der Waals surface area (Å²) in [4.78, 5) is 37.6. The minimum Gasteiger partial charge on any atom is -0.545 e. The SMILES string of the molecule is CC/C=C\C/C=C\C/C=C\C/C=C\C/C=C\C/C=C\C/C=C\C/C=C\C/C=C\C/C=C\C/C=C\CCCCCCCC(=O)OC(COC(=O)CCCCCCCC/C=C\C/C=C\C/C=C\C/C=C\C/C=C\C/C=C\C/C=C\C/C=C\C/C=C\C/C=C\CC)COC(OCC[N+](C)(C)C)C(=O)[O-]. The van der Waals surface area contributed by atoms with Crippen molar-refractivity contribution in [1.29, 1.82) is 0 Å². The zero-order valence-corrected chi connectivity index (χ0v) is 63.9. The number of carboxylic acid groups (broad SMARTS) is 1. The minimum atomic E-state index is -1.65. The van der Waals surface area contributed by atoms with E-state index in [0.717, 1.165) is 205 Å². The Kier molecular flexibility index (Phi) is 73.0. The smallest absolute Gasteiger partial charge is 0.306 e. The van der Waals surface area contributed by atoms with Crippen LogP contribution in [-0.4, -0.2) is 82.3 Å². The monoisotopic (exact) mass is 1390 g/mol. The molecule has 0 aromatic heterocycles. The van der Waals surface area contributed by atoms with Crippen molar-refractivity contribution < 1.29 is 42.9 Å². The predicted octanol–water partition coefficient (Wildman–Crippen LogP) is 24.0. The van der Waals surface area contributed by atoms with Gasteiger partial charge in [-0.2, -0.15) is 0 Å². The van der Waals surface area contributed by atoms with Crippen LogP contribution < -0.4 is 5.11 Å². The van der Waals surface area contributed by atoms with E-state index in [4.69, 9.17) is 18.9 Å². The molecule has 0 amide bonds. The number of quaternary nitrogens is 1. The lowest BCUT2D eigenvalue weighted by Gasteiger charge is -2.26. The first kappa shape index (κ1) is 93.8. The molecule has 0 fully saturated rings. The lowest BCUT2D eigenvalue weighted by atomic mass is 10.1. The van der Waals surface area contributed by atoms with Gasteiger partial charge in [0.2, 0.25) is 0 Å². The third-order valence-corrected chi connectivity index (χ3v) is 15.3. The van der Waals surface area contributed by atoms with Crippen LogP contribution in [0.3, 0.4) is 0 Å². The molecule has 0 aliphatic rings. The predicted molar refractivity (Wildman–Crippen MR) is 434 cm³/mol. The molecule has 0 heterocycles. The molecule has 0 aromatic carbocycles. The molecule has 0 aliphatic heterocycles. The average Bonchev–Trinajstić information content (AvgIpc) is 1.21. The second kappa shape index (κ2) is 78.5. The maximum Gasteiger partial charge on any atom is 0.306 e. The number of aliphatic carboxylic acids is 1. The van der Waals surface area contributed by atoms with Gasteiger partial charge in [-0.3, -0.25) is 9.59 Å². The second-order valence-electron chi connectivity index (χ2n) is 25.8. The van der Waals surface area contributed by atoms with Crippen molar-refractivity contribution in [3.63, 3.8) is 0 Å². The summed E-state index contributed by atoms with van der Waals surface area (Å²) in [6.45, 7) is 4.44. The van der Waals surface area contributed by atoms with E-state index in [1.807, 2.05) is 21.1 Å². The van der Waals surface area contributed by atoms with E-state index < -0.39 is 24.3 Å². The number of nitrogens with zero attached hydrogens (tertiary/aromatic N) is 1. The number of carboxylic acids is 1. The van der Waals surface area contributed by atoms with Gasteiger partial charge in [0.25, 0.3) is 0 Å². The van der Waals surface area contributed by atoms with Crippen molar-refractivity contribution >= 4 is 17.9 Å². The van der Waals surface area contributed by atoms with Gasteiger partial charge in [-0.15, -0.1) is 0 Å². The number of ether oxygens (including phenoxy) is 4. The second-order valence-corrected chi connectivity index (χ2v) is 25.8. The summed E-state index contributed by atoms with van der Waals surface area (Å²) in [6.07, 6.45) is 125. The fourth-order valence-electron chi connectivity index (χ4n) is 9.45. The highest BCUT2D eigenvalue weighted by Gasteiger charge is 2.22. The molecule has 9 nitrogen and oxygen atoms in total. The molecule has 0 aliphatic carbocycles. The quantitative estimate of drug-likeness (QED) is 0.0195. The molecule has 0 radical (unpaired) electrons. The Hall–Kier alpha value is -7.17. The van der Waals surface area contributed by atoms with Crippen molar-refractivity contribution in [1.82, 2.24) is 0 Å². The van der Waals surface area contributed by atoms with Gasteiger partial charge in [-0.25, -0.2) is 0 Å². The third-order valence-electron chi connectivity index (χ3n) is 15.3. The van der Waals surface area contributed by atoms with Crippen LogP contribution in [-0.2, 0) is 33.3 Å². The third kappa shape index (κ3) is 80.0. The summed E-state index contributed by atoms with van der Waals surface area (Å²) in [5, 5.41) is 11.9. The summed E-state index contributed by atoms with van der Waals surface area (Å²) >= 11 is 0. The Morgan fingerprint density at radius 1 is 0.297 bits per heavy atom. The fraction of sp³-hybridized carbons (Fsp3) is 0.511. The van der Waals surface area contributed by atoms with Gasteiger partial charge in [0, 0.05) is 12.8 Å². The summed E-state index contributed by atoms with van der Waals surface area (Å²) in [7, 11) is 5.90. The molecule has 2 unspecified atom stereocenters. The molecule has 0 bridgehead atoms. The number of hydrogen-bond acceptors (Lipinski definition) is 8. The zero-order valence-electron chi connectivity index (χ0n) is 63.9. The molecule has 0 saturated carbocycles. The van der Waals surface area contributed by atoms with Crippen molar-refractivity contribution in [2.24, 2.45) is 0 Å². The highest BCUT2D eigenvalue weighted by Crippen LogP contribution is 2.14. The van der Waals surface area contributed by atoms with Crippen molar-refractivity contribution in [2.75, 3.05) is 47.5 Å². The van der Waals surface area contributed by atoms with Crippen molar-refractivity contribution in [2.45, 2.75) is 257 Å². The number of rotatable bonds is 68. The number of hydrogen-bond donors (Lipinski definition) is 0. The topological polar surface area (TPSA) is 111 Å². The van der Waals surface area contributed by atoms with Gasteiger partial charge < -0.3 is 33.3 Å². The van der Waals surface area contributed by atoms with Gasteiger partial charge in [-0.1, -0.05) is 314 Å². The largest absolute Gasteiger partial charge is 0.545 e. The van der Waals surface area contributed by atoms with E-state index in [0.29, 0.717) is 23.9 Å². The van der Waals surface area contributed by atoms with Crippen molar-refractivity contribution in [3.8, 4) is 0 Å². The molecule has 0 aromatic rings. The van der Waals surface area contributed by atoms with Gasteiger partial charge in [0.1, 0.15) is 13.2 Å². The lowest BCUT2D eigenvalue weighted by molar-refractivity contribution is -0.870. The van der Waals surface area contributed by atoms with Crippen LogP contribution in [0.15, 0.2) is 255 Å². The van der Waals surface area contributed by atoms with E-state index in [9.17, 15) is 19.5 Å². The molecule has 9 heteroatoms. The van der Waals surface area contributed by atoms with Crippen LogP contribution in [0.5, 0.6) is 0 Å². The molecule has 0 N–H and O–H groups in total. The molecule has 0 rings (SSSR count). The number of likely N-dealkylation sites (N-methyl/N-ethyl adjacent to an activating group) is 1. The van der Waals surface area contributed by atoms with Gasteiger partial charge in [0.15, 0.2) is 12.4 Å². The first-order valence-corrected chi connectivity index (χ1v) is 38.8. The molecular formula is C92H139NO8. The van der Waals surface area contributed by atoms with Gasteiger partial charge in [-0.05, 0) is 173 Å². The molecule has 2 atom stereocenters. The maximum atomic E-state index is 13.0. The number of carbonyl (C=O) groups excluding carboxylic acids is 3. The summed E-state index contributed by atoms with van der Waals surface area (Å²) in [5.74, 6) is -2.36. The maximum absolute atomic E-state index is 13.0. The van der Waals surface area contributed by atoms with Gasteiger partial charge in [0.05, 0.1) is 40.3 Å².